The standard InChI is InChI=1S/C23H19F3N2O2/c24-23(25,26)17-8-4-15(5-9-17)20-11-7-16(13-27-20)22(30)28-21-3-1-2-14-6-10-18(29)12-19(14)21/h1-5,7-9,11,13,18,29H,6,10,12H2,(H,28,30). The highest BCUT2D eigenvalue weighted by Gasteiger charge is 2.30. The van der Waals surface area contributed by atoms with E-state index >= 15 is 0 Å². The predicted molar refractivity (Wildman–Crippen MR) is 107 cm³/mol. The molecule has 0 aliphatic heterocycles. The maximum atomic E-state index is 12.7. The van der Waals surface area contributed by atoms with Gasteiger partial charge in [0.2, 0.25) is 0 Å². The number of amides is 1. The molecule has 1 atom stereocenters. The zero-order chi connectivity index (χ0) is 21.3. The lowest BCUT2D eigenvalue weighted by Gasteiger charge is -2.23. The Kier molecular flexibility index (Phi) is 5.30. The first-order chi connectivity index (χ1) is 14.3. The number of alkyl halides is 3. The summed E-state index contributed by atoms with van der Waals surface area (Å²) in [5.41, 5.74) is 3.34. The number of nitrogens with one attached hydrogen (secondary N) is 1. The van der Waals surface area contributed by atoms with Crippen molar-refractivity contribution in [1.82, 2.24) is 4.98 Å². The Labute approximate surface area is 171 Å². The van der Waals surface area contributed by atoms with Crippen LogP contribution in [0.3, 0.4) is 0 Å². The average molecular weight is 412 g/mol. The highest BCUT2D eigenvalue weighted by Crippen LogP contribution is 2.31. The molecule has 1 aromatic heterocycles. The van der Waals surface area contributed by atoms with Gasteiger partial charge in [-0.15, -0.1) is 0 Å². The van der Waals surface area contributed by atoms with Crippen molar-refractivity contribution in [3.8, 4) is 11.3 Å². The second-order valence-corrected chi connectivity index (χ2v) is 7.30. The summed E-state index contributed by atoms with van der Waals surface area (Å²) in [7, 11) is 0. The van der Waals surface area contributed by atoms with Crippen LogP contribution in [0.25, 0.3) is 11.3 Å². The number of hydrogen-bond acceptors (Lipinski definition) is 3. The van der Waals surface area contributed by atoms with Crippen LogP contribution < -0.4 is 5.32 Å². The summed E-state index contributed by atoms with van der Waals surface area (Å²) >= 11 is 0. The summed E-state index contributed by atoms with van der Waals surface area (Å²) < 4.78 is 38.1. The van der Waals surface area contributed by atoms with Crippen LogP contribution in [-0.2, 0) is 19.0 Å². The summed E-state index contributed by atoms with van der Waals surface area (Å²) in [6, 6.07) is 13.6. The molecule has 0 radical (unpaired) electrons. The van der Waals surface area contributed by atoms with Crippen molar-refractivity contribution in [2.75, 3.05) is 5.32 Å². The van der Waals surface area contributed by atoms with Gasteiger partial charge in [0.1, 0.15) is 0 Å². The minimum absolute atomic E-state index is 0.333. The van der Waals surface area contributed by atoms with Crippen molar-refractivity contribution in [2.24, 2.45) is 0 Å². The molecule has 1 aliphatic carbocycles. The predicted octanol–water partition coefficient (Wildman–Crippen LogP) is 4.87. The minimum atomic E-state index is -4.39. The maximum absolute atomic E-state index is 12.7. The fourth-order valence-corrected chi connectivity index (χ4v) is 3.61. The molecule has 1 unspecified atom stereocenters. The van der Waals surface area contributed by atoms with Crippen LogP contribution in [0.4, 0.5) is 18.9 Å². The highest BCUT2D eigenvalue weighted by molar-refractivity contribution is 6.04. The number of rotatable bonds is 3. The third kappa shape index (κ3) is 4.21. The number of aliphatic hydroxyl groups is 1. The van der Waals surface area contributed by atoms with Crippen molar-refractivity contribution >= 4 is 11.6 Å². The minimum Gasteiger partial charge on any atom is -0.393 e. The third-order valence-electron chi connectivity index (χ3n) is 5.24. The SMILES string of the molecule is O=C(Nc1cccc2c1CC(O)CC2)c1ccc(-c2ccc(C(F)(F)F)cc2)nc1. The quantitative estimate of drug-likeness (QED) is 0.645. The number of nitrogens with zero attached hydrogens (tertiary/aromatic N) is 1. The Bertz CT molecular complexity index is 1060. The largest absolute Gasteiger partial charge is 0.416 e. The zero-order valence-electron chi connectivity index (χ0n) is 15.9. The molecule has 30 heavy (non-hydrogen) atoms. The molecule has 0 saturated heterocycles. The topological polar surface area (TPSA) is 62.2 Å². The normalized spacial score (nSPS) is 16.1. The van der Waals surface area contributed by atoms with Crippen molar-refractivity contribution < 1.29 is 23.1 Å². The molecule has 4 nitrogen and oxygen atoms in total. The zero-order valence-corrected chi connectivity index (χ0v) is 15.9. The van der Waals surface area contributed by atoms with E-state index in [0.717, 1.165) is 29.7 Å². The number of carbonyl (C=O) groups excluding carboxylic acids is 1. The van der Waals surface area contributed by atoms with E-state index in [0.29, 0.717) is 35.3 Å². The first-order valence-electron chi connectivity index (χ1n) is 9.55. The van der Waals surface area contributed by atoms with Gasteiger partial charge >= 0.3 is 6.18 Å². The lowest BCUT2D eigenvalue weighted by atomic mass is 9.88. The summed E-state index contributed by atoms with van der Waals surface area (Å²) in [6.07, 6.45) is -1.44. The van der Waals surface area contributed by atoms with Crippen LogP contribution in [0.15, 0.2) is 60.8 Å². The van der Waals surface area contributed by atoms with Crippen molar-refractivity contribution in [3.05, 3.63) is 83.0 Å². The smallest absolute Gasteiger partial charge is 0.393 e. The first kappa shape index (κ1) is 20.1. The molecular weight excluding hydrogens is 393 g/mol. The number of pyridine rings is 1. The summed E-state index contributed by atoms with van der Waals surface area (Å²) in [5.74, 6) is -0.338. The molecule has 7 heteroatoms. The van der Waals surface area contributed by atoms with Gasteiger partial charge < -0.3 is 10.4 Å². The van der Waals surface area contributed by atoms with Crippen LogP contribution in [0.2, 0.25) is 0 Å². The highest BCUT2D eigenvalue weighted by atomic mass is 19.4. The average Bonchev–Trinajstić information content (AvgIpc) is 2.74. The van der Waals surface area contributed by atoms with E-state index in [1.807, 2.05) is 12.1 Å². The molecule has 154 valence electrons. The van der Waals surface area contributed by atoms with E-state index in [2.05, 4.69) is 10.3 Å². The van der Waals surface area contributed by atoms with Crippen LogP contribution in [0.5, 0.6) is 0 Å². The lowest BCUT2D eigenvalue weighted by molar-refractivity contribution is -0.137. The van der Waals surface area contributed by atoms with Gasteiger partial charge in [-0.2, -0.15) is 13.2 Å². The number of aromatic nitrogens is 1. The molecule has 0 fully saturated rings. The van der Waals surface area contributed by atoms with E-state index < -0.39 is 17.8 Å². The van der Waals surface area contributed by atoms with E-state index in [1.54, 1.807) is 18.2 Å². The van der Waals surface area contributed by atoms with Gasteiger partial charge in [0.05, 0.1) is 22.9 Å². The monoisotopic (exact) mass is 412 g/mol. The Hall–Kier alpha value is -3.19. The Morgan fingerprint density at radius 3 is 2.50 bits per heavy atom. The van der Waals surface area contributed by atoms with Gasteiger partial charge in [0.15, 0.2) is 0 Å². The number of anilines is 1. The van der Waals surface area contributed by atoms with E-state index in [-0.39, 0.29) is 5.91 Å². The molecular formula is C23H19F3N2O2. The first-order valence-corrected chi connectivity index (χ1v) is 9.55. The third-order valence-corrected chi connectivity index (χ3v) is 5.24. The number of carbonyl (C=O) groups is 1. The molecule has 1 amide bonds. The van der Waals surface area contributed by atoms with Crippen LogP contribution >= 0.6 is 0 Å². The number of fused-ring (bicyclic) bond motifs is 1. The molecule has 2 N–H and O–H groups in total. The number of benzene rings is 2. The van der Waals surface area contributed by atoms with Gasteiger partial charge in [-0.05, 0) is 54.3 Å². The van der Waals surface area contributed by atoms with Crippen LogP contribution in [0.1, 0.15) is 33.5 Å². The maximum Gasteiger partial charge on any atom is 0.416 e. The van der Waals surface area contributed by atoms with Crippen molar-refractivity contribution in [3.63, 3.8) is 0 Å². The second kappa shape index (κ2) is 7.91. The van der Waals surface area contributed by atoms with Gasteiger partial charge in [-0.3, -0.25) is 9.78 Å². The molecule has 4 rings (SSSR count). The van der Waals surface area contributed by atoms with Gasteiger partial charge in [-0.25, -0.2) is 0 Å². The fraction of sp³-hybridized carbons (Fsp3) is 0.217. The molecule has 3 aromatic rings. The summed E-state index contributed by atoms with van der Waals surface area (Å²) in [5, 5.41) is 12.8. The molecule has 0 spiro atoms. The van der Waals surface area contributed by atoms with Crippen molar-refractivity contribution in [2.45, 2.75) is 31.5 Å². The molecule has 0 bridgehead atoms. The number of aryl methyl sites for hydroxylation is 1. The number of halogens is 3. The fourth-order valence-electron chi connectivity index (χ4n) is 3.61. The van der Waals surface area contributed by atoms with Gasteiger partial charge in [0, 0.05) is 23.9 Å². The van der Waals surface area contributed by atoms with E-state index in [9.17, 15) is 23.1 Å². The molecule has 2 aromatic carbocycles. The lowest BCUT2D eigenvalue weighted by Crippen LogP contribution is -2.21. The van der Waals surface area contributed by atoms with E-state index in [4.69, 9.17) is 0 Å². The second-order valence-electron chi connectivity index (χ2n) is 7.30. The molecule has 1 heterocycles. The van der Waals surface area contributed by atoms with Crippen LogP contribution in [-0.4, -0.2) is 22.1 Å². The van der Waals surface area contributed by atoms with Gasteiger partial charge in [0.25, 0.3) is 5.91 Å². The number of aliphatic hydroxyl groups excluding tert-OH is 1. The van der Waals surface area contributed by atoms with E-state index in [1.165, 1.54) is 18.3 Å². The summed E-state index contributed by atoms with van der Waals surface area (Å²) in [4.78, 5) is 16.9. The van der Waals surface area contributed by atoms with Crippen LogP contribution in [0, 0.1) is 0 Å². The van der Waals surface area contributed by atoms with Gasteiger partial charge in [-0.1, -0.05) is 24.3 Å². The Morgan fingerprint density at radius 1 is 1.07 bits per heavy atom. The van der Waals surface area contributed by atoms with Crippen molar-refractivity contribution in [1.29, 1.82) is 0 Å². The Balaban J connectivity index is 1.50. The molecule has 1 aliphatic rings. The molecule has 0 saturated carbocycles. The Morgan fingerprint density at radius 2 is 1.83 bits per heavy atom. The number of hydrogen-bond donors (Lipinski definition) is 2. The summed E-state index contributed by atoms with van der Waals surface area (Å²) in [6.45, 7) is 0.